The van der Waals surface area contributed by atoms with Crippen molar-refractivity contribution in [1.82, 2.24) is 9.71 Å². The van der Waals surface area contributed by atoms with Crippen LogP contribution < -0.4 is 4.72 Å². The Hall–Kier alpha value is -1.51. The van der Waals surface area contributed by atoms with E-state index in [1.54, 1.807) is 0 Å². The van der Waals surface area contributed by atoms with Crippen molar-refractivity contribution in [3.8, 4) is 0 Å². The first-order chi connectivity index (χ1) is 9.49. The van der Waals surface area contributed by atoms with Crippen LogP contribution in [0.4, 0.5) is 0 Å². The number of aromatic nitrogens is 1. The molecule has 8 heteroatoms. The molecule has 2 N–H and O–H groups in total. The van der Waals surface area contributed by atoms with Gasteiger partial charge >= 0.3 is 5.97 Å². The summed E-state index contributed by atoms with van der Waals surface area (Å²) in [5, 5.41) is 9.16. The summed E-state index contributed by atoms with van der Waals surface area (Å²) in [6, 6.07) is 1.69. The summed E-state index contributed by atoms with van der Waals surface area (Å²) in [5.41, 5.74) is 0. The van der Waals surface area contributed by atoms with Crippen molar-refractivity contribution in [3.05, 3.63) is 24.5 Å². The van der Waals surface area contributed by atoms with Crippen LogP contribution in [0.2, 0.25) is 0 Å². The van der Waals surface area contributed by atoms with Gasteiger partial charge in [0, 0.05) is 25.6 Å². The molecule has 0 bridgehead atoms. The quantitative estimate of drug-likeness (QED) is 0.779. The van der Waals surface area contributed by atoms with Gasteiger partial charge in [-0.25, -0.2) is 8.42 Å². The molecule has 1 aliphatic rings. The lowest BCUT2D eigenvalue weighted by molar-refractivity contribution is -0.139. The highest BCUT2D eigenvalue weighted by Gasteiger charge is 2.29. The maximum atomic E-state index is 12.1. The van der Waals surface area contributed by atoms with Crippen LogP contribution in [0.5, 0.6) is 0 Å². The van der Waals surface area contributed by atoms with Crippen LogP contribution in [0, 0.1) is 5.92 Å². The SMILES string of the molecule is O=C(O)C(CC1CCOC1)NS(=O)(=O)c1cccnc1. The van der Waals surface area contributed by atoms with Crippen molar-refractivity contribution in [2.75, 3.05) is 13.2 Å². The molecule has 1 fully saturated rings. The fraction of sp³-hybridized carbons (Fsp3) is 0.500. The first-order valence-electron chi connectivity index (χ1n) is 6.22. The number of hydrogen-bond donors (Lipinski definition) is 2. The van der Waals surface area contributed by atoms with Crippen molar-refractivity contribution in [2.24, 2.45) is 5.92 Å². The molecule has 0 radical (unpaired) electrons. The maximum Gasteiger partial charge on any atom is 0.321 e. The summed E-state index contributed by atoms with van der Waals surface area (Å²) < 4.78 is 31.5. The fourth-order valence-electron chi connectivity index (χ4n) is 2.06. The molecule has 0 spiro atoms. The molecule has 0 saturated carbocycles. The minimum absolute atomic E-state index is 0.0473. The molecule has 0 aromatic carbocycles. The molecule has 2 unspecified atom stereocenters. The van der Waals surface area contributed by atoms with Gasteiger partial charge in [-0.15, -0.1) is 0 Å². The normalized spacial score (nSPS) is 20.7. The highest BCUT2D eigenvalue weighted by atomic mass is 32.2. The lowest BCUT2D eigenvalue weighted by atomic mass is 10.00. The van der Waals surface area contributed by atoms with E-state index in [1.165, 1.54) is 24.5 Å². The Morgan fingerprint density at radius 1 is 1.60 bits per heavy atom. The van der Waals surface area contributed by atoms with E-state index < -0.39 is 22.0 Å². The number of carbonyl (C=O) groups is 1. The molecule has 2 heterocycles. The Morgan fingerprint density at radius 3 is 2.95 bits per heavy atom. The topological polar surface area (TPSA) is 106 Å². The number of sulfonamides is 1. The van der Waals surface area contributed by atoms with Crippen molar-refractivity contribution >= 4 is 16.0 Å². The van der Waals surface area contributed by atoms with Crippen molar-refractivity contribution in [3.63, 3.8) is 0 Å². The van der Waals surface area contributed by atoms with Crippen LogP contribution in [0.15, 0.2) is 29.4 Å². The molecule has 7 nitrogen and oxygen atoms in total. The van der Waals surface area contributed by atoms with Crippen molar-refractivity contribution in [2.45, 2.75) is 23.8 Å². The van der Waals surface area contributed by atoms with Gasteiger partial charge in [-0.3, -0.25) is 9.78 Å². The molecule has 1 aromatic heterocycles. The number of nitrogens with zero attached hydrogens (tertiary/aromatic N) is 1. The summed E-state index contributed by atoms with van der Waals surface area (Å²) in [7, 11) is -3.88. The van der Waals surface area contributed by atoms with Crippen LogP contribution in [0.25, 0.3) is 0 Å². The summed E-state index contributed by atoms with van der Waals surface area (Å²) in [5.74, 6) is -1.13. The zero-order valence-corrected chi connectivity index (χ0v) is 11.5. The average Bonchev–Trinajstić information content (AvgIpc) is 2.91. The fourth-order valence-corrected chi connectivity index (χ4v) is 3.23. The zero-order valence-electron chi connectivity index (χ0n) is 10.7. The van der Waals surface area contributed by atoms with Crippen LogP contribution >= 0.6 is 0 Å². The Kier molecular flexibility index (Phi) is 4.69. The van der Waals surface area contributed by atoms with E-state index in [2.05, 4.69) is 9.71 Å². The van der Waals surface area contributed by atoms with E-state index in [4.69, 9.17) is 9.84 Å². The van der Waals surface area contributed by atoms with E-state index >= 15 is 0 Å². The molecule has 1 saturated heterocycles. The Balaban J connectivity index is 2.09. The van der Waals surface area contributed by atoms with Gasteiger partial charge in [0.05, 0.1) is 0 Å². The van der Waals surface area contributed by atoms with Crippen LogP contribution in [0.3, 0.4) is 0 Å². The number of carboxylic acids is 1. The molecular weight excluding hydrogens is 284 g/mol. The number of pyridine rings is 1. The van der Waals surface area contributed by atoms with E-state index in [1.807, 2.05) is 0 Å². The minimum Gasteiger partial charge on any atom is -0.480 e. The third-order valence-corrected chi connectivity index (χ3v) is 4.59. The van der Waals surface area contributed by atoms with Crippen LogP contribution in [-0.4, -0.2) is 43.7 Å². The molecule has 0 aliphatic carbocycles. The number of carboxylic acid groups (broad SMARTS) is 1. The van der Waals surface area contributed by atoms with Gasteiger partial charge in [-0.1, -0.05) is 0 Å². The third-order valence-electron chi connectivity index (χ3n) is 3.13. The van der Waals surface area contributed by atoms with Crippen LogP contribution in [0.1, 0.15) is 12.8 Å². The number of aliphatic carboxylic acids is 1. The second-order valence-corrected chi connectivity index (χ2v) is 6.38. The molecule has 110 valence electrons. The van der Waals surface area contributed by atoms with Gasteiger partial charge in [0.2, 0.25) is 10.0 Å². The first-order valence-corrected chi connectivity index (χ1v) is 7.70. The Labute approximate surface area is 117 Å². The molecule has 1 aliphatic heterocycles. The Morgan fingerprint density at radius 2 is 2.40 bits per heavy atom. The smallest absolute Gasteiger partial charge is 0.321 e. The average molecular weight is 300 g/mol. The third kappa shape index (κ3) is 3.75. The molecule has 2 atom stereocenters. The summed E-state index contributed by atoms with van der Waals surface area (Å²) >= 11 is 0. The lowest BCUT2D eigenvalue weighted by Gasteiger charge is -2.17. The molecular formula is C12H16N2O5S. The largest absolute Gasteiger partial charge is 0.480 e. The lowest BCUT2D eigenvalue weighted by Crippen LogP contribution is -2.42. The Bertz CT molecular complexity index is 554. The number of nitrogens with one attached hydrogen (secondary N) is 1. The monoisotopic (exact) mass is 300 g/mol. The molecule has 0 amide bonds. The molecule has 20 heavy (non-hydrogen) atoms. The summed E-state index contributed by atoms with van der Waals surface area (Å²) in [6.45, 7) is 1.06. The van der Waals surface area contributed by atoms with Gasteiger partial charge in [0.1, 0.15) is 10.9 Å². The van der Waals surface area contributed by atoms with E-state index in [-0.39, 0.29) is 17.2 Å². The number of hydrogen-bond acceptors (Lipinski definition) is 5. The van der Waals surface area contributed by atoms with E-state index in [9.17, 15) is 13.2 Å². The van der Waals surface area contributed by atoms with Gasteiger partial charge in [-0.2, -0.15) is 4.72 Å². The van der Waals surface area contributed by atoms with Crippen molar-refractivity contribution < 1.29 is 23.1 Å². The second-order valence-electron chi connectivity index (χ2n) is 4.67. The van der Waals surface area contributed by atoms with Gasteiger partial charge < -0.3 is 9.84 Å². The zero-order chi connectivity index (χ0) is 14.6. The molecule has 2 rings (SSSR count). The molecule has 1 aromatic rings. The van der Waals surface area contributed by atoms with Gasteiger partial charge in [0.15, 0.2) is 0 Å². The van der Waals surface area contributed by atoms with Gasteiger partial charge in [-0.05, 0) is 30.9 Å². The highest BCUT2D eigenvalue weighted by molar-refractivity contribution is 7.89. The summed E-state index contributed by atoms with van der Waals surface area (Å²) in [4.78, 5) is 14.9. The standard InChI is InChI=1S/C12H16N2O5S/c15-12(16)11(6-9-3-5-19-8-9)14-20(17,18)10-2-1-4-13-7-10/h1-2,4,7,9,11,14H,3,5-6,8H2,(H,15,16). The predicted molar refractivity (Wildman–Crippen MR) is 69.5 cm³/mol. The summed E-state index contributed by atoms with van der Waals surface area (Å²) in [6.07, 6.45) is 3.59. The first kappa shape index (κ1) is 14.9. The van der Waals surface area contributed by atoms with Crippen LogP contribution in [-0.2, 0) is 19.6 Å². The van der Waals surface area contributed by atoms with E-state index in [0.29, 0.717) is 13.2 Å². The second kappa shape index (κ2) is 6.29. The number of rotatable bonds is 6. The highest BCUT2D eigenvalue weighted by Crippen LogP contribution is 2.19. The number of ether oxygens (including phenoxy) is 1. The van der Waals surface area contributed by atoms with E-state index in [0.717, 1.165) is 6.42 Å². The minimum atomic E-state index is -3.88. The van der Waals surface area contributed by atoms with Gasteiger partial charge in [0.25, 0.3) is 0 Å². The maximum absolute atomic E-state index is 12.1. The van der Waals surface area contributed by atoms with Crippen molar-refractivity contribution in [1.29, 1.82) is 0 Å². The predicted octanol–water partition coefficient (Wildman–Crippen LogP) is 0.240.